The average molecular weight is 470 g/mol. The molecule has 8 heteroatoms. The molecule has 2 N–H and O–H groups in total. The van der Waals surface area contributed by atoms with E-state index in [-0.39, 0.29) is 19.1 Å². The van der Waals surface area contributed by atoms with Gasteiger partial charge in [-0.25, -0.2) is 0 Å². The van der Waals surface area contributed by atoms with Gasteiger partial charge in [-0.3, -0.25) is 9.69 Å². The van der Waals surface area contributed by atoms with Crippen molar-refractivity contribution in [2.75, 3.05) is 32.8 Å². The first kappa shape index (κ1) is 23.3. The molecule has 2 heterocycles. The number of benzene rings is 2. The number of piperidine rings is 1. The van der Waals surface area contributed by atoms with Crippen LogP contribution < -0.4 is 10.1 Å². The van der Waals surface area contributed by atoms with Crippen LogP contribution in [0.3, 0.4) is 0 Å². The molecule has 1 aromatic heterocycles. The minimum Gasteiger partial charge on any atom is -0.490 e. The Morgan fingerprint density at radius 1 is 1.18 bits per heavy atom. The molecule has 174 valence electrons. The first-order valence-corrected chi connectivity index (χ1v) is 11.5. The van der Waals surface area contributed by atoms with Gasteiger partial charge in [-0.2, -0.15) is 0 Å². The van der Waals surface area contributed by atoms with E-state index < -0.39 is 0 Å². The van der Waals surface area contributed by atoms with E-state index in [4.69, 9.17) is 26.0 Å². The third-order valence-corrected chi connectivity index (χ3v) is 6.12. The highest BCUT2D eigenvalue weighted by Crippen LogP contribution is 2.26. The third kappa shape index (κ3) is 6.35. The molecule has 1 aliphatic rings. The van der Waals surface area contributed by atoms with Gasteiger partial charge in [-0.15, -0.1) is 0 Å². The number of rotatable bonds is 9. The molecule has 4 rings (SSSR count). The van der Waals surface area contributed by atoms with E-state index in [1.165, 1.54) is 0 Å². The minimum absolute atomic E-state index is 0.115. The molecule has 0 spiro atoms. The second-order valence-corrected chi connectivity index (χ2v) is 8.60. The highest BCUT2D eigenvalue weighted by Gasteiger charge is 2.21. The van der Waals surface area contributed by atoms with Gasteiger partial charge in [0.1, 0.15) is 18.1 Å². The van der Waals surface area contributed by atoms with Crippen molar-refractivity contribution in [1.82, 2.24) is 15.4 Å². The van der Waals surface area contributed by atoms with Gasteiger partial charge >= 0.3 is 0 Å². The Hall–Kier alpha value is -2.87. The number of aliphatic hydroxyl groups excluding tert-OH is 1. The predicted octanol–water partition coefficient (Wildman–Crippen LogP) is 4.01. The smallest absolute Gasteiger partial charge is 0.251 e. The molecule has 0 saturated carbocycles. The topological polar surface area (TPSA) is 87.8 Å². The molecule has 7 nitrogen and oxygen atoms in total. The van der Waals surface area contributed by atoms with Crippen LogP contribution in [0.15, 0.2) is 59.1 Å². The normalized spacial score (nSPS) is 14.8. The molecular formula is C25H28ClN3O4. The standard InChI is InChI=1S/C25H28ClN3O4/c26-22-7-6-20(14-24(22)32-13-12-30)25(31)27-16-18-8-10-29(11-9-18)17-21-15-23(28-33-21)19-4-2-1-3-5-19/h1-7,14-15,18,30H,8-13,16-17H2,(H,27,31). The van der Waals surface area contributed by atoms with E-state index in [9.17, 15) is 4.79 Å². The number of halogens is 1. The number of hydrogen-bond donors (Lipinski definition) is 2. The Morgan fingerprint density at radius 2 is 1.97 bits per heavy atom. The molecule has 1 aliphatic heterocycles. The van der Waals surface area contributed by atoms with Gasteiger partial charge in [-0.1, -0.05) is 47.1 Å². The average Bonchev–Trinajstić information content (AvgIpc) is 3.32. The van der Waals surface area contributed by atoms with E-state index in [2.05, 4.69) is 15.4 Å². The predicted molar refractivity (Wildman–Crippen MR) is 126 cm³/mol. The van der Waals surface area contributed by atoms with Gasteiger partial charge < -0.3 is 19.7 Å². The Morgan fingerprint density at radius 3 is 2.73 bits per heavy atom. The number of nitrogens with one attached hydrogen (secondary N) is 1. The summed E-state index contributed by atoms with van der Waals surface area (Å²) in [5.41, 5.74) is 2.40. The zero-order valence-electron chi connectivity index (χ0n) is 18.4. The van der Waals surface area contributed by atoms with Gasteiger partial charge in [0.05, 0.1) is 18.2 Å². The van der Waals surface area contributed by atoms with Crippen molar-refractivity contribution in [3.05, 3.63) is 70.9 Å². The summed E-state index contributed by atoms with van der Waals surface area (Å²) in [6, 6.07) is 16.9. The first-order valence-electron chi connectivity index (χ1n) is 11.2. The van der Waals surface area contributed by atoms with Crippen LogP contribution in [0.4, 0.5) is 0 Å². The summed E-state index contributed by atoms with van der Waals surface area (Å²) in [6.45, 7) is 3.27. The van der Waals surface area contributed by atoms with Crippen LogP contribution in [0.1, 0.15) is 29.0 Å². The third-order valence-electron chi connectivity index (χ3n) is 5.81. The maximum absolute atomic E-state index is 12.6. The lowest BCUT2D eigenvalue weighted by Crippen LogP contribution is -2.38. The molecular weight excluding hydrogens is 442 g/mol. The molecule has 0 bridgehead atoms. The summed E-state index contributed by atoms with van der Waals surface area (Å²) < 4.78 is 10.9. The summed E-state index contributed by atoms with van der Waals surface area (Å²) in [5.74, 6) is 1.53. The minimum atomic E-state index is -0.155. The Kier molecular flexibility index (Phi) is 7.99. The first-order chi connectivity index (χ1) is 16.1. The van der Waals surface area contributed by atoms with Gasteiger partial charge in [0.2, 0.25) is 0 Å². The molecule has 3 aromatic rings. The second-order valence-electron chi connectivity index (χ2n) is 8.19. The zero-order chi connectivity index (χ0) is 23.0. The van der Waals surface area contributed by atoms with Crippen molar-refractivity contribution < 1.29 is 19.2 Å². The molecule has 1 saturated heterocycles. The number of carbonyl (C=O) groups excluding carboxylic acids is 1. The molecule has 0 aliphatic carbocycles. The van der Waals surface area contributed by atoms with Gasteiger partial charge in [0.15, 0.2) is 5.76 Å². The largest absolute Gasteiger partial charge is 0.490 e. The van der Waals surface area contributed by atoms with Crippen LogP contribution in [-0.2, 0) is 6.54 Å². The summed E-state index contributed by atoms with van der Waals surface area (Å²) in [6.07, 6.45) is 2.01. The lowest BCUT2D eigenvalue weighted by molar-refractivity contribution is 0.0933. The SMILES string of the molecule is O=C(NCC1CCN(Cc2cc(-c3ccccc3)no2)CC1)c1ccc(Cl)c(OCCO)c1. The Bertz CT molecular complexity index is 1050. The van der Waals surface area contributed by atoms with Crippen molar-refractivity contribution in [1.29, 1.82) is 0 Å². The zero-order valence-corrected chi connectivity index (χ0v) is 19.1. The Balaban J connectivity index is 1.22. The molecule has 2 aromatic carbocycles. The number of aromatic nitrogens is 1. The fraction of sp³-hybridized carbons (Fsp3) is 0.360. The number of carbonyl (C=O) groups is 1. The summed E-state index contributed by atoms with van der Waals surface area (Å²) in [5, 5.41) is 16.5. The van der Waals surface area contributed by atoms with E-state index in [1.54, 1.807) is 18.2 Å². The van der Waals surface area contributed by atoms with Crippen molar-refractivity contribution in [2.45, 2.75) is 19.4 Å². The van der Waals surface area contributed by atoms with Gasteiger partial charge in [-0.05, 0) is 50.0 Å². The molecule has 1 amide bonds. The second kappa shape index (κ2) is 11.3. The van der Waals surface area contributed by atoms with Crippen LogP contribution >= 0.6 is 11.6 Å². The summed E-state index contributed by atoms with van der Waals surface area (Å²) in [4.78, 5) is 14.9. The van der Waals surface area contributed by atoms with E-state index in [0.29, 0.717) is 28.8 Å². The van der Waals surface area contributed by atoms with Crippen LogP contribution in [-0.4, -0.2) is 53.9 Å². The molecule has 0 unspecified atom stereocenters. The highest BCUT2D eigenvalue weighted by molar-refractivity contribution is 6.32. The highest BCUT2D eigenvalue weighted by atomic mass is 35.5. The number of hydrogen-bond acceptors (Lipinski definition) is 6. The fourth-order valence-electron chi connectivity index (χ4n) is 3.95. The van der Waals surface area contributed by atoms with Gasteiger partial charge in [0.25, 0.3) is 5.91 Å². The Labute approximate surface area is 198 Å². The van der Waals surface area contributed by atoms with E-state index in [1.807, 2.05) is 36.4 Å². The van der Waals surface area contributed by atoms with Crippen LogP contribution in [0.5, 0.6) is 5.75 Å². The lowest BCUT2D eigenvalue weighted by atomic mass is 9.96. The van der Waals surface area contributed by atoms with Crippen molar-refractivity contribution in [3.8, 4) is 17.0 Å². The van der Waals surface area contributed by atoms with Gasteiger partial charge in [0, 0.05) is 23.7 Å². The quantitative estimate of drug-likeness (QED) is 0.492. The summed E-state index contributed by atoms with van der Waals surface area (Å²) in [7, 11) is 0. The fourth-order valence-corrected chi connectivity index (χ4v) is 4.12. The van der Waals surface area contributed by atoms with E-state index in [0.717, 1.165) is 49.5 Å². The molecule has 1 fully saturated rings. The number of aliphatic hydroxyl groups is 1. The number of ether oxygens (including phenoxy) is 1. The maximum atomic E-state index is 12.6. The van der Waals surface area contributed by atoms with Crippen molar-refractivity contribution in [2.24, 2.45) is 5.92 Å². The molecule has 33 heavy (non-hydrogen) atoms. The van der Waals surface area contributed by atoms with Crippen LogP contribution in [0.2, 0.25) is 5.02 Å². The number of nitrogens with zero attached hydrogens (tertiary/aromatic N) is 2. The van der Waals surface area contributed by atoms with Crippen molar-refractivity contribution >= 4 is 17.5 Å². The molecule has 0 atom stereocenters. The van der Waals surface area contributed by atoms with E-state index >= 15 is 0 Å². The van der Waals surface area contributed by atoms with Crippen LogP contribution in [0.25, 0.3) is 11.3 Å². The van der Waals surface area contributed by atoms with Crippen molar-refractivity contribution in [3.63, 3.8) is 0 Å². The number of amides is 1. The lowest BCUT2D eigenvalue weighted by Gasteiger charge is -2.31. The maximum Gasteiger partial charge on any atom is 0.251 e. The van der Waals surface area contributed by atoms with Crippen LogP contribution in [0, 0.1) is 5.92 Å². The monoisotopic (exact) mass is 469 g/mol. The number of likely N-dealkylation sites (tertiary alicyclic amines) is 1. The summed E-state index contributed by atoms with van der Waals surface area (Å²) >= 11 is 6.09. The molecule has 0 radical (unpaired) electrons.